The van der Waals surface area contributed by atoms with Crippen LogP contribution in [0.1, 0.15) is 23.9 Å². The van der Waals surface area contributed by atoms with Crippen LogP contribution in [0, 0.1) is 0 Å². The molecule has 0 unspecified atom stereocenters. The lowest BCUT2D eigenvalue weighted by atomic mass is 10.2. The molecule has 0 fully saturated rings. The van der Waals surface area contributed by atoms with Crippen molar-refractivity contribution in [2.45, 2.75) is 13.3 Å². The monoisotopic (exact) mass is 353 g/mol. The van der Waals surface area contributed by atoms with Crippen LogP contribution in [-0.2, 0) is 9.53 Å². The van der Waals surface area contributed by atoms with E-state index in [2.05, 4.69) is 5.32 Å². The van der Waals surface area contributed by atoms with Gasteiger partial charge in [-0.05, 0) is 31.2 Å². The summed E-state index contributed by atoms with van der Waals surface area (Å²) < 4.78 is 16.1. The average Bonchev–Trinajstić information content (AvgIpc) is 3.01. The lowest BCUT2D eigenvalue weighted by Gasteiger charge is -2.07. The van der Waals surface area contributed by atoms with E-state index in [1.54, 1.807) is 31.2 Å². The Morgan fingerprint density at radius 3 is 2.54 bits per heavy atom. The van der Waals surface area contributed by atoms with E-state index in [1.807, 2.05) is 30.3 Å². The predicted octanol–water partition coefficient (Wildman–Crippen LogP) is 4.02. The molecule has 0 saturated heterocycles. The van der Waals surface area contributed by atoms with Crippen LogP contribution in [0.4, 0.5) is 5.69 Å². The van der Waals surface area contributed by atoms with Gasteiger partial charge in [-0.25, -0.2) is 4.79 Å². The fourth-order valence-corrected chi connectivity index (χ4v) is 2.49. The number of hydrogen-bond acceptors (Lipinski definition) is 5. The van der Waals surface area contributed by atoms with Crippen molar-refractivity contribution in [2.75, 3.05) is 18.5 Å². The van der Waals surface area contributed by atoms with Gasteiger partial charge in [-0.15, -0.1) is 0 Å². The first kappa shape index (κ1) is 17.5. The molecule has 0 aliphatic rings. The molecule has 1 amide bonds. The van der Waals surface area contributed by atoms with Crippen LogP contribution in [0.2, 0.25) is 0 Å². The lowest BCUT2D eigenvalue weighted by Crippen LogP contribution is -2.17. The normalized spacial score (nSPS) is 10.5. The number of hydrogen-bond donors (Lipinski definition) is 1. The zero-order chi connectivity index (χ0) is 18.4. The second-order valence-electron chi connectivity index (χ2n) is 5.48. The minimum absolute atomic E-state index is 0.00891. The van der Waals surface area contributed by atoms with Crippen molar-refractivity contribution in [1.82, 2.24) is 0 Å². The highest BCUT2D eigenvalue weighted by Gasteiger charge is 2.23. The quantitative estimate of drug-likeness (QED) is 0.649. The van der Waals surface area contributed by atoms with Crippen molar-refractivity contribution in [3.63, 3.8) is 0 Å². The Hall–Kier alpha value is -3.28. The highest BCUT2D eigenvalue weighted by Crippen LogP contribution is 2.31. The van der Waals surface area contributed by atoms with Gasteiger partial charge in [0.25, 0.3) is 0 Å². The van der Waals surface area contributed by atoms with Gasteiger partial charge in [0.1, 0.15) is 17.0 Å². The smallest absolute Gasteiger partial charge is 0.376 e. The van der Waals surface area contributed by atoms with E-state index in [4.69, 9.17) is 13.9 Å². The molecule has 134 valence electrons. The predicted molar refractivity (Wildman–Crippen MR) is 97.4 cm³/mol. The number of amides is 1. The van der Waals surface area contributed by atoms with Gasteiger partial charge >= 0.3 is 5.97 Å². The molecule has 3 rings (SSSR count). The summed E-state index contributed by atoms with van der Waals surface area (Å²) in [6.07, 6.45) is 0.136. The summed E-state index contributed by atoms with van der Waals surface area (Å²) in [6.45, 7) is 2.15. The molecule has 26 heavy (non-hydrogen) atoms. The maximum Gasteiger partial charge on any atom is 0.376 e. The third-order valence-corrected chi connectivity index (χ3v) is 3.66. The molecule has 6 heteroatoms. The maximum absolute atomic E-state index is 12.3. The summed E-state index contributed by atoms with van der Waals surface area (Å²) in [7, 11) is 0. The summed E-state index contributed by atoms with van der Waals surface area (Å²) in [4.78, 5) is 24.4. The molecule has 0 aliphatic carbocycles. The Labute approximate surface area is 150 Å². The SMILES string of the molecule is CCOC(=O)c1oc2ccccc2c1NC(=O)CCOc1ccccc1. The summed E-state index contributed by atoms with van der Waals surface area (Å²) >= 11 is 0. The van der Waals surface area contributed by atoms with E-state index in [-0.39, 0.29) is 31.3 Å². The third kappa shape index (κ3) is 4.03. The lowest BCUT2D eigenvalue weighted by molar-refractivity contribution is -0.116. The third-order valence-electron chi connectivity index (χ3n) is 3.66. The number of carbonyl (C=O) groups is 2. The minimum atomic E-state index is -0.612. The van der Waals surface area contributed by atoms with Gasteiger partial charge in [0, 0.05) is 5.39 Å². The van der Waals surface area contributed by atoms with Crippen LogP contribution >= 0.6 is 0 Å². The van der Waals surface area contributed by atoms with Crippen molar-refractivity contribution < 1.29 is 23.5 Å². The highest BCUT2D eigenvalue weighted by atomic mass is 16.5. The summed E-state index contributed by atoms with van der Waals surface area (Å²) in [5.74, 6) is -0.204. The molecule has 0 saturated carbocycles. The number of rotatable bonds is 7. The van der Waals surface area contributed by atoms with Gasteiger partial charge in [0.05, 0.1) is 19.6 Å². The standard InChI is InChI=1S/C20H19NO5/c1-2-24-20(23)19-18(15-10-6-7-11-16(15)26-19)21-17(22)12-13-25-14-8-4-3-5-9-14/h3-11H,2,12-13H2,1H3,(H,21,22). The van der Waals surface area contributed by atoms with Crippen LogP contribution in [0.25, 0.3) is 11.0 Å². The van der Waals surface area contributed by atoms with Gasteiger partial charge in [-0.1, -0.05) is 30.3 Å². The van der Waals surface area contributed by atoms with Crippen molar-refractivity contribution in [1.29, 1.82) is 0 Å². The second kappa shape index (κ2) is 8.20. The number of benzene rings is 2. The molecule has 3 aromatic rings. The van der Waals surface area contributed by atoms with Crippen LogP contribution < -0.4 is 10.1 Å². The molecular formula is C20H19NO5. The summed E-state index contributed by atoms with van der Waals surface area (Å²) in [5, 5.41) is 3.39. The van der Waals surface area contributed by atoms with Gasteiger partial charge in [-0.3, -0.25) is 4.79 Å². The zero-order valence-electron chi connectivity index (χ0n) is 14.4. The molecule has 6 nitrogen and oxygen atoms in total. The topological polar surface area (TPSA) is 77.8 Å². The van der Waals surface area contributed by atoms with Gasteiger partial charge < -0.3 is 19.2 Å². The first-order chi connectivity index (χ1) is 12.7. The van der Waals surface area contributed by atoms with Crippen LogP contribution in [0.5, 0.6) is 5.75 Å². The summed E-state index contributed by atoms with van der Waals surface area (Å²) in [5.41, 5.74) is 0.829. The molecule has 2 aromatic carbocycles. The molecule has 0 atom stereocenters. The highest BCUT2D eigenvalue weighted by molar-refractivity contribution is 6.09. The molecule has 1 N–H and O–H groups in total. The molecular weight excluding hydrogens is 334 g/mol. The van der Waals surface area contributed by atoms with Crippen LogP contribution in [0.15, 0.2) is 59.0 Å². The number of esters is 1. The molecule has 1 heterocycles. The maximum atomic E-state index is 12.3. The largest absolute Gasteiger partial charge is 0.493 e. The van der Waals surface area contributed by atoms with Crippen molar-refractivity contribution in [3.8, 4) is 5.75 Å². The number of anilines is 1. The molecule has 0 aliphatic heterocycles. The average molecular weight is 353 g/mol. The Morgan fingerprint density at radius 1 is 1.04 bits per heavy atom. The van der Waals surface area contributed by atoms with Gasteiger partial charge in [-0.2, -0.15) is 0 Å². The first-order valence-corrected chi connectivity index (χ1v) is 8.35. The van der Waals surface area contributed by atoms with Crippen molar-refractivity contribution in [2.24, 2.45) is 0 Å². The Morgan fingerprint density at radius 2 is 1.77 bits per heavy atom. The van der Waals surface area contributed by atoms with E-state index in [9.17, 15) is 9.59 Å². The van der Waals surface area contributed by atoms with Gasteiger partial charge in [0.15, 0.2) is 0 Å². The fraction of sp³-hybridized carbons (Fsp3) is 0.200. The summed E-state index contributed by atoms with van der Waals surface area (Å²) in [6, 6.07) is 16.4. The van der Waals surface area contributed by atoms with E-state index >= 15 is 0 Å². The van der Waals surface area contributed by atoms with E-state index in [0.29, 0.717) is 22.4 Å². The Bertz CT molecular complexity index is 901. The Kier molecular flexibility index (Phi) is 5.53. The first-order valence-electron chi connectivity index (χ1n) is 8.35. The van der Waals surface area contributed by atoms with Crippen LogP contribution in [0.3, 0.4) is 0 Å². The number of nitrogens with one attached hydrogen (secondary N) is 1. The van der Waals surface area contributed by atoms with E-state index in [0.717, 1.165) is 0 Å². The number of fused-ring (bicyclic) bond motifs is 1. The van der Waals surface area contributed by atoms with Crippen molar-refractivity contribution >= 4 is 28.5 Å². The number of para-hydroxylation sites is 2. The fourth-order valence-electron chi connectivity index (χ4n) is 2.49. The molecule has 1 aromatic heterocycles. The Balaban J connectivity index is 1.71. The number of furan rings is 1. The van der Waals surface area contributed by atoms with Gasteiger partial charge in [0.2, 0.25) is 11.7 Å². The minimum Gasteiger partial charge on any atom is -0.493 e. The second-order valence-corrected chi connectivity index (χ2v) is 5.48. The molecule has 0 bridgehead atoms. The zero-order valence-corrected chi connectivity index (χ0v) is 14.4. The number of ether oxygens (including phenoxy) is 2. The van der Waals surface area contributed by atoms with E-state index in [1.165, 1.54) is 0 Å². The van der Waals surface area contributed by atoms with Crippen LogP contribution in [-0.4, -0.2) is 25.1 Å². The van der Waals surface area contributed by atoms with Crippen molar-refractivity contribution in [3.05, 3.63) is 60.4 Å². The molecule has 0 spiro atoms. The van der Waals surface area contributed by atoms with E-state index < -0.39 is 5.97 Å². The number of carbonyl (C=O) groups excluding carboxylic acids is 2. The molecule has 0 radical (unpaired) electrons.